The van der Waals surface area contributed by atoms with Crippen LogP contribution in [-0.4, -0.2) is 41.6 Å². The van der Waals surface area contributed by atoms with Crippen LogP contribution in [-0.2, 0) is 10.0 Å². The van der Waals surface area contributed by atoms with Gasteiger partial charge in [0.2, 0.25) is 10.0 Å². The van der Waals surface area contributed by atoms with Crippen LogP contribution in [0.25, 0.3) is 5.69 Å². The van der Waals surface area contributed by atoms with Gasteiger partial charge in [0.25, 0.3) is 0 Å². The van der Waals surface area contributed by atoms with E-state index in [4.69, 9.17) is 5.73 Å². The molecule has 7 heteroatoms. The number of hydrogen-bond acceptors (Lipinski definition) is 4. The summed E-state index contributed by atoms with van der Waals surface area (Å²) in [5.41, 5.74) is 7.95. The Balaban J connectivity index is 1.84. The highest BCUT2D eigenvalue weighted by Gasteiger charge is 2.32. The monoisotopic (exact) mass is 348 g/mol. The Morgan fingerprint density at radius 3 is 2.67 bits per heavy atom. The van der Waals surface area contributed by atoms with Crippen LogP contribution in [0.4, 0.5) is 0 Å². The average molecular weight is 348 g/mol. The lowest BCUT2D eigenvalue weighted by molar-refractivity contribution is 0.243. The van der Waals surface area contributed by atoms with Gasteiger partial charge in [-0.1, -0.05) is 17.7 Å². The Morgan fingerprint density at radius 1 is 1.29 bits per heavy atom. The zero-order valence-electron chi connectivity index (χ0n) is 14.1. The maximum absolute atomic E-state index is 12.9. The van der Waals surface area contributed by atoms with E-state index in [1.54, 1.807) is 15.2 Å². The number of rotatable bonds is 4. The van der Waals surface area contributed by atoms with Crippen molar-refractivity contribution in [3.8, 4) is 5.69 Å². The topological polar surface area (TPSA) is 81.2 Å². The number of nitrogens with two attached hydrogens (primary N) is 1. The van der Waals surface area contributed by atoms with Crippen molar-refractivity contribution >= 4 is 10.0 Å². The number of sulfonamides is 1. The molecule has 3 rings (SSSR count). The van der Waals surface area contributed by atoms with Gasteiger partial charge in [-0.3, -0.25) is 0 Å². The summed E-state index contributed by atoms with van der Waals surface area (Å²) < 4.78 is 28.9. The molecule has 1 aromatic carbocycles. The second kappa shape index (κ2) is 6.66. The largest absolute Gasteiger partial charge is 0.328 e. The normalized spacial score (nSPS) is 20.9. The molecule has 0 spiro atoms. The zero-order valence-corrected chi connectivity index (χ0v) is 14.9. The SMILES string of the molecule is Cc1ccc(-n2cc(S(=O)(=O)N3CCC[C@H]([C@H](C)N)C3)cn2)cc1. The third-order valence-corrected chi connectivity index (χ3v) is 6.48. The van der Waals surface area contributed by atoms with Gasteiger partial charge in [-0.2, -0.15) is 9.40 Å². The van der Waals surface area contributed by atoms with Crippen molar-refractivity contribution in [1.29, 1.82) is 0 Å². The van der Waals surface area contributed by atoms with E-state index in [-0.39, 0.29) is 16.9 Å². The van der Waals surface area contributed by atoms with Gasteiger partial charge in [-0.25, -0.2) is 13.1 Å². The van der Waals surface area contributed by atoms with E-state index < -0.39 is 10.0 Å². The van der Waals surface area contributed by atoms with E-state index in [1.807, 2.05) is 38.1 Å². The van der Waals surface area contributed by atoms with Crippen molar-refractivity contribution in [3.05, 3.63) is 42.2 Å². The van der Waals surface area contributed by atoms with Crippen LogP contribution in [0.15, 0.2) is 41.6 Å². The number of nitrogens with zero attached hydrogens (tertiary/aromatic N) is 3. The van der Waals surface area contributed by atoms with Crippen LogP contribution in [0.5, 0.6) is 0 Å². The van der Waals surface area contributed by atoms with Crippen LogP contribution < -0.4 is 5.73 Å². The van der Waals surface area contributed by atoms with E-state index >= 15 is 0 Å². The first-order valence-corrected chi connectivity index (χ1v) is 9.69. The van der Waals surface area contributed by atoms with Gasteiger partial charge in [0.15, 0.2) is 0 Å². The van der Waals surface area contributed by atoms with Gasteiger partial charge in [-0.05, 0) is 44.7 Å². The molecule has 2 N–H and O–H groups in total. The lowest BCUT2D eigenvalue weighted by atomic mass is 9.93. The number of aryl methyl sites for hydroxylation is 1. The molecule has 6 nitrogen and oxygen atoms in total. The van der Waals surface area contributed by atoms with Crippen LogP contribution in [0.2, 0.25) is 0 Å². The molecule has 130 valence electrons. The molecule has 1 saturated heterocycles. The van der Waals surface area contributed by atoms with E-state index in [1.165, 1.54) is 6.20 Å². The Morgan fingerprint density at radius 2 is 2.00 bits per heavy atom. The molecule has 1 aliphatic heterocycles. The highest BCUT2D eigenvalue weighted by Crippen LogP contribution is 2.25. The van der Waals surface area contributed by atoms with Crippen LogP contribution >= 0.6 is 0 Å². The Labute approximate surface area is 143 Å². The van der Waals surface area contributed by atoms with Gasteiger partial charge in [0.05, 0.1) is 18.1 Å². The molecule has 1 fully saturated rings. The quantitative estimate of drug-likeness (QED) is 0.915. The first-order valence-electron chi connectivity index (χ1n) is 8.25. The first-order chi connectivity index (χ1) is 11.4. The van der Waals surface area contributed by atoms with Crippen LogP contribution in [0, 0.1) is 12.8 Å². The predicted octanol–water partition coefficient (Wildman–Crippen LogP) is 1.93. The minimum atomic E-state index is -3.53. The van der Waals surface area contributed by atoms with Crippen molar-refractivity contribution in [3.63, 3.8) is 0 Å². The number of aromatic nitrogens is 2. The number of piperidine rings is 1. The van der Waals surface area contributed by atoms with Gasteiger partial charge >= 0.3 is 0 Å². The molecule has 0 aliphatic carbocycles. The molecule has 1 aromatic heterocycles. The second-order valence-corrected chi connectivity index (χ2v) is 8.52. The van der Waals surface area contributed by atoms with Gasteiger partial charge in [0.1, 0.15) is 4.90 Å². The maximum Gasteiger partial charge on any atom is 0.246 e. The number of hydrogen-bond donors (Lipinski definition) is 1. The molecule has 0 bridgehead atoms. The summed E-state index contributed by atoms with van der Waals surface area (Å²) in [4.78, 5) is 0.230. The molecule has 2 aromatic rings. The third kappa shape index (κ3) is 3.38. The predicted molar refractivity (Wildman–Crippen MR) is 93.4 cm³/mol. The summed E-state index contributed by atoms with van der Waals surface area (Å²) in [5, 5.41) is 4.22. The Bertz CT molecular complexity index is 796. The Hall–Kier alpha value is -1.70. The van der Waals surface area contributed by atoms with Gasteiger partial charge in [0, 0.05) is 19.1 Å². The highest BCUT2D eigenvalue weighted by molar-refractivity contribution is 7.89. The molecule has 24 heavy (non-hydrogen) atoms. The molecule has 0 saturated carbocycles. The summed E-state index contributed by atoms with van der Waals surface area (Å²) in [7, 11) is -3.53. The lowest BCUT2D eigenvalue weighted by Gasteiger charge is -2.33. The Kier molecular flexibility index (Phi) is 4.76. The van der Waals surface area contributed by atoms with E-state index in [9.17, 15) is 8.42 Å². The lowest BCUT2D eigenvalue weighted by Crippen LogP contribution is -2.44. The van der Waals surface area contributed by atoms with E-state index in [0.29, 0.717) is 13.1 Å². The van der Waals surface area contributed by atoms with Gasteiger partial charge in [-0.15, -0.1) is 0 Å². The summed E-state index contributed by atoms with van der Waals surface area (Å²) in [6.45, 7) is 4.97. The molecular formula is C17H24N4O2S. The third-order valence-electron chi connectivity index (χ3n) is 4.66. The van der Waals surface area contributed by atoms with Gasteiger partial charge < -0.3 is 5.73 Å². The summed E-state index contributed by atoms with van der Waals surface area (Å²) >= 11 is 0. The fourth-order valence-corrected chi connectivity index (χ4v) is 4.52. The molecule has 2 heterocycles. The zero-order chi connectivity index (χ0) is 17.3. The summed E-state index contributed by atoms with van der Waals surface area (Å²) in [6.07, 6.45) is 4.82. The molecule has 0 unspecified atom stereocenters. The molecule has 0 amide bonds. The number of benzene rings is 1. The van der Waals surface area contributed by atoms with Crippen molar-refractivity contribution in [1.82, 2.24) is 14.1 Å². The van der Waals surface area contributed by atoms with Crippen molar-refractivity contribution in [2.45, 2.75) is 37.6 Å². The minimum Gasteiger partial charge on any atom is -0.328 e. The van der Waals surface area contributed by atoms with Crippen LogP contribution in [0.3, 0.4) is 0 Å². The summed E-state index contributed by atoms with van der Waals surface area (Å²) in [5.74, 6) is 0.209. The molecule has 0 radical (unpaired) electrons. The fraction of sp³-hybridized carbons (Fsp3) is 0.471. The highest BCUT2D eigenvalue weighted by atomic mass is 32.2. The smallest absolute Gasteiger partial charge is 0.246 e. The minimum absolute atomic E-state index is 0.00159. The first kappa shape index (κ1) is 17.1. The molecule has 1 aliphatic rings. The maximum atomic E-state index is 12.9. The van der Waals surface area contributed by atoms with Crippen molar-refractivity contribution in [2.75, 3.05) is 13.1 Å². The average Bonchev–Trinajstić information content (AvgIpc) is 3.06. The second-order valence-electron chi connectivity index (χ2n) is 6.58. The van der Waals surface area contributed by atoms with E-state index in [2.05, 4.69) is 5.10 Å². The van der Waals surface area contributed by atoms with Crippen LogP contribution in [0.1, 0.15) is 25.3 Å². The molecule has 2 atom stereocenters. The summed E-state index contributed by atoms with van der Waals surface area (Å²) in [6, 6.07) is 7.79. The van der Waals surface area contributed by atoms with Crippen molar-refractivity contribution < 1.29 is 8.42 Å². The fourth-order valence-electron chi connectivity index (χ4n) is 3.05. The van der Waals surface area contributed by atoms with Crippen molar-refractivity contribution in [2.24, 2.45) is 11.7 Å². The standard InChI is InChI=1S/C17H24N4O2S/c1-13-5-7-16(8-6-13)21-12-17(10-19-21)24(22,23)20-9-3-4-15(11-20)14(2)18/h5-8,10,12,14-15H,3-4,9,11,18H2,1-2H3/t14-,15-/m0/s1. The van der Waals surface area contributed by atoms with E-state index in [0.717, 1.165) is 24.1 Å². The molecular weight excluding hydrogens is 324 g/mol.